The predicted octanol–water partition coefficient (Wildman–Crippen LogP) is 1.75. The molecule has 1 aromatic carbocycles. The van der Waals surface area contributed by atoms with E-state index in [1.807, 2.05) is 50.2 Å². The van der Waals surface area contributed by atoms with Crippen molar-refractivity contribution in [1.82, 2.24) is 30.3 Å². The molecule has 0 saturated carbocycles. The van der Waals surface area contributed by atoms with Gasteiger partial charge in [0.1, 0.15) is 6.04 Å². The number of nitrogens with zero attached hydrogens (tertiary/aromatic N) is 5. The van der Waals surface area contributed by atoms with Gasteiger partial charge >= 0.3 is 0 Å². The van der Waals surface area contributed by atoms with Gasteiger partial charge in [-0.3, -0.25) is 9.69 Å². The van der Waals surface area contributed by atoms with Gasteiger partial charge in [-0.2, -0.15) is 4.98 Å². The number of likely N-dealkylation sites (N-methyl/N-ethyl adjacent to an activating group) is 1. The maximum Gasteiger partial charge on any atom is 0.246 e. The summed E-state index contributed by atoms with van der Waals surface area (Å²) in [7, 11) is 3.74. The zero-order valence-corrected chi connectivity index (χ0v) is 14.9. The summed E-state index contributed by atoms with van der Waals surface area (Å²) < 4.78 is 5.17. The average molecular weight is 352 g/mol. The number of rotatable bonds is 6. The number of nitrogens with one attached hydrogen (secondary N) is 1. The van der Waals surface area contributed by atoms with E-state index in [0.29, 0.717) is 11.7 Å². The van der Waals surface area contributed by atoms with Crippen molar-refractivity contribution in [2.75, 3.05) is 14.1 Å². The lowest BCUT2D eigenvalue weighted by Gasteiger charge is -2.25. The highest BCUT2D eigenvalue weighted by molar-refractivity contribution is 5.83. The van der Waals surface area contributed by atoms with Crippen molar-refractivity contribution in [3.63, 3.8) is 0 Å². The summed E-state index contributed by atoms with van der Waals surface area (Å²) in [5.41, 5.74) is 2.02. The third-order valence-corrected chi connectivity index (χ3v) is 3.90. The fraction of sp³-hybridized carbons (Fsp3) is 0.278. The Morgan fingerprint density at radius 1 is 1.15 bits per heavy atom. The van der Waals surface area contributed by atoms with Gasteiger partial charge < -0.3 is 9.84 Å². The number of aryl methyl sites for hydroxylation is 1. The molecule has 0 aliphatic carbocycles. The second kappa shape index (κ2) is 7.83. The Labute approximate surface area is 151 Å². The Kier molecular flexibility index (Phi) is 5.33. The van der Waals surface area contributed by atoms with Crippen molar-refractivity contribution in [3.8, 4) is 11.6 Å². The van der Waals surface area contributed by atoms with Crippen LogP contribution in [0, 0.1) is 6.92 Å². The smallest absolute Gasteiger partial charge is 0.246 e. The minimum Gasteiger partial charge on any atom is -0.345 e. The molecule has 0 fully saturated rings. The van der Waals surface area contributed by atoms with Crippen LogP contribution in [-0.4, -0.2) is 45.0 Å². The second-order valence-electron chi connectivity index (χ2n) is 6.02. The molecule has 2 heterocycles. The minimum atomic E-state index is -0.406. The Morgan fingerprint density at radius 2 is 1.88 bits per heavy atom. The third-order valence-electron chi connectivity index (χ3n) is 3.90. The number of amides is 1. The van der Waals surface area contributed by atoms with Crippen molar-refractivity contribution in [1.29, 1.82) is 0 Å². The molecule has 0 radical (unpaired) electrons. The van der Waals surface area contributed by atoms with E-state index in [0.717, 1.165) is 11.1 Å². The molecule has 0 aliphatic rings. The predicted molar refractivity (Wildman–Crippen MR) is 94.8 cm³/mol. The topological polar surface area (TPSA) is 97.0 Å². The summed E-state index contributed by atoms with van der Waals surface area (Å²) >= 11 is 0. The molecule has 3 aromatic rings. The Hall–Kier alpha value is -3.13. The van der Waals surface area contributed by atoms with E-state index in [9.17, 15) is 4.79 Å². The molecule has 3 rings (SSSR count). The van der Waals surface area contributed by atoms with Gasteiger partial charge in [0.25, 0.3) is 0 Å². The van der Waals surface area contributed by atoms with Crippen LogP contribution in [0.2, 0.25) is 0 Å². The van der Waals surface area contributed by atoms with E-state index in [2.05, 4.69) is 25.4 Å². The van der Waals surface area contributed by atoms with E-state index >= 15 is 0 Å². The number of hydrogen-bond acceptors (Lipinski definition) is 7. The highest BCUT2D eigenvalue weighted by Gasteiger charge is 2.24. The van der Waals surface area contributed by atoms with E-state index in [1.165, 1.54) is 0 Å². The summed E-state index contributed by atoms with van der Waals surface area (Å²) in [6.45, 7) is 2.12. The van der Waals surface area contributed by atoms with Crippen LogP contribution >= 0.6 is 0 Å². The lowest BCUT2D eigenvalue weighted by Crippen LogP contribution is -2.37. The number of hydrogen-bond donors (Lipinski definition) is 1. The molecule has 1 atom stereocenters. The van der Waals surface area contributed by atoms with E-state index in [4.69, 9.17) is 4.52 Å². The molecule has 8 nitrogen and oxygen atoms in total. The first-order chi connectivity index (χ1) is 12.6. The van der Waals surface area contributed by atoms with Crippen LogP contribution in [0.4, 0.5) is 0 Å². The summed E-state index contributed by atoms with van der Waals surface area (Å²) in [6.07, 6.45) is 3.20. The quantitative estimate of drug-likeness (QED) is 0.722. The van der Waals surface area contributed by atoms with Gasteiger partial charge in [-0.05, 0) is 38.2 Å². The van der Waals surface area contributed by atoms with Crippen LogP contribution in [0.3, 0.4) is 0 Å². The number of carbonyl (C=O) groups is 1. The summed E-state index contributed by atoms with van der Waals surface area (Å²) in [5.74, 6) is 0.820. The molecule has 0 unspecified atom stereocenters. The monoisotopic (exact) mass is 352 g/mol. The van der Waals surface area contributed by atoms with E-state index in [1.54, 1.807) is 18.5 Å². The van der Waals surface area contributed by atoms with Gasteiger partial charge in [0, 0.05) is 12.4 Å². The van der Waals surface area contributed by atoms with Gasteiger partial charge in [-0.15, -0.1) is 0 Å². The van der Waals surface area contributed by atoms with Crippen molar-refractivity contribution in [2.45, 2.75) is 19.5 Å². The minimum absolute atomic E-state index is 0.134. The number of benzene rings is 1. The normalized spacial score (nSPS) is 12.2. The molecule has 0 bridgehead atoms. The Balaban J connectivity index is 1.70. The second-order valence-corrected chi connectivity index (χ2v) is 6.02. The molecule has 1 amide bonds. The van der Waals surface area contributed by atoms with E-state index < -0.39 is 6.04 Å². The molecular weight excluding hydrogens is 332 g/mol. The highest BCUT2D eigenvalue weighted by atomic mass is 16.5. The molecule has 8 heteroatoms. The molecule has 0 saturated heterocycles. The average Bonchev–Trinajstić information content (AvgIpc) is 3.11. The summed E-state index contributed by atoms with van der Waals surface area (Å²) in [4.78, 5) is 26.9. The van der Waals surface area contributed by atoms with Crippen LogP contribution < -0.4 is 5.32 Å². The summed E-state index contributed by atoms with van der Waals surface area (Å²) in [6, 6.07) is 9.12. The molecule has 2 aromatic heterocycles. The van der Waals surface area contributed by atoms with Crippen LogP contribution in [-0.2, 0) is 11.3 Å². The molecular formula is C18H20N6O2. The molecule has 134 valence electrons. The van der Waals surface area contributed by atoms with Gasteiger partial charge in [-0.1, -0.05) is 29.4 Å². The lowest BCUT2D eigenvalue weighted by molar-refractivity contribution is -0.126. The molecule has 1 N–H and O–H groups in total. The Morgan fingerprint density at radius 3 is 2.58 bits per heavy atom. The van der Waals surface area contributed by atoms with Crippen molar-refractivity contribution in [3.05, 3.63) is 59.7 Å². The van der Waals surface area contributed by atoms with Crippen molar-refractivity contribution >= 4 is 5.91 Å². The first-order valence-corrected chi connectivity index (χ1v) is 8.16. The van der Waals surface area contributed by atoms with Crippen molar-refractivity contribution < 1.29 is 9.32 Å². The van der Waals surface area contributed by atoms with Gasteiger partial charge in [0.15, 0.2) is 0 Å². The SMILES string of the molecule is Cc1ccccc1[C@H](C(=O)NCc1nc(-c2ncccn2)no1)N(C)C. The zero-order chi connectivity index (χ0) is 18.5. The maximum atomic E-state index is 12.7. The standard InChI is InChI=1S/C18H20N6O2/c1-12-7-4-5-8-13(12)15(24(2)3)18(25)21-11-14-22-17(23-26-14)16-19-9-6-10-20-16/h4-10,15H,11H2,1-3H3,(H,21,25)/t15-/m1/s1. The Bertz CT molecular complexity index is 878. The van der Waals surface area contributed by atoms with Gasteiger partial charge in [0.05, 0.1) is 6.54 Å². The first-order valence-electron chi connectivity index (χ1n) is 8.16. The maximum absolute atomic E-state index is 12.7. The zero-order valence-electron chi connectivity index (χ0n) is 14.9. The van der Waals surface area contributed by atoms with Crippen LogP contribution in [0.1, 0.15) is 23.1 Å². The molecule has 26 heavy (non-hydrogen) atoms. The first kappa shape index (κ1) is 17.7. The van der Waals surface area contributed by atoms with E-state index in [-0.39, 0.29) is 18.3 Å². The van der Waals surface area contributed by atoms with Gasteiger partial charge in [0.2, 0.25) is 23.4 Å². The van der Waals surface area contributed by atoms with Crippen LogP contribution in [0.25, 0.3) is 11.6 Å². The fourth-order valence-corrected chi connectivity index (χ4v) is 2.64. The lowest BCUT2D eigenvalue weighted by atomic mass is 10.00. The summed E-state index contributed by atoms with van der Waals surface area (Å²) in [5, 5.41) is 6.70. The third kappa shape index (κ3) is 3.92. The fourth-order valence-electron chi connectivity index (χ4n) is 2.64. The van der Waals surface area contributed by atoms with Crippen LogP contribution in [0.15, 0.2) is 47.2 Å². The number of aromatic nitrogens is 4. The largest absolute Gasteiger partial charge is 0.345 e. The van der Waals surface area contributed by atoms with Gasteiger partial charge in [-0.25, -0.2) is 9.97 Å². The number of carbonyl (C=O) groups excluding carboxylic acids is 1. The van der Waals surface area contributed by atoms with Crippen LogP contribution in [0.5, 0.6) is 0 Å². The van der Waals surface area contributed by atoms with Crippen molar-refractivity contribution in [2.24, 2.45) is 0 Å². The molecule has 0 spiro atoms. The molecule has 0 aliphatic heterocycles. The highest BCUT2D eigenvalue weighted by Crippen LogP contribution is 2.22.